The molecule has 0 saturated carbocycles. The lowest BCUT2D eigenvalue weighted by Crippen LogP contribution is -2.31. The van der Waals surface area contributed by atoms with Crippen molar-refractivity contribution in [1.29, 1.82) is 0 Å². The highest BCUT2D eigenvalue weighted by atomic mass is 16.5. The number of nitrogens with zero attached hydrogens (tertiary/aromatic N) is 4. The van der Waals surface area contributed by atoms with E-state index in [1.54, 1.807) is 4.68 Å². The van der Waals surface area contributed by atoms with E-state index in [4.69, 9.17) is 10.5 Å². The lowest BCUT2D eigenvalue weighted by atomic mass is 10.00. The number of ether oxygens (including phenoxy) is 1. The summed E-state index contributed by atoms with van der Waals surface area (Å²) in [6.45, 7) is 1.86. The lowest BCUT2D eigenvalue weighted by molar-refractivity contribution is 0.0994. The summed E-state index contributed by atoms with van der Waals surface area (Å²) in [5, 5.41) is 4.54. The Labute approximate surface area is 213 Å². The van der Waals surface area contributed by atoms with E-state index < -0.39 is 5.91 Å². The van der Waals surface area contributed by atoms with Crippen molar-refractivity contribution in [2.24, 2.45) is 5.73 Å². The molecule has 0 bridgehead atoms. The summed E-state index contributed by atoms with van der Waals surface area (Å²) in [6.07, 6.45) is 3.99. The van der Waals surface area contributed by atoms with E-state index in [0.717, 1.165) is 60.6 Å². The van der Waals surface area contributed by atoms with Gasteiger partial charge in [-0.25, -0.2) is 14.3 Å². The van der Waals surface area contributed by atoms with Gasteiger partial charge in [0.1, 0.15) is 23.1 Å². The molecule has 9 heteroatoms. The number of anilines is 2. The molecule has 3 aromatic rings. The Bertz CT molecular complexity index is 1510. The highest BCUT2D eigenvalue weighted by Crippen LogP contribution is 2.37. The number of rotatable bonds is 4. The second kappa shape index (κ2) is 9.13. The quantitative estimate of drug-likeness (QED) is 0.554. The molecule has 2 N–H and O–H groups in total. The molecule has 1 fully saturated rings. The van der Waals surface area contributed by atoms with Crippen LogP contribution in [0.3, 0.4) is 0 Å². The molecule has 9 nitrogen and oxygen atoms in total. The van der Waals surface area contributed by atoms with Crippen LogP contribution in [0, 0.1) is 0 Å². The molecule has 0 spiro atoms. The maximum atomic E-state index is 12.4. The molecule has 6 rings (SSSR count). The molecule has 3 aliphatic rings. The van der Waals surface area contributed by atoms with Gasteiger partial charge < -0.3 is 20.3 Å². The van der Waals surface area contributed by atoms with Crippen molar-refractivity contribution in [3.63, 3.8) is 0 Å². The van der Waals surface area contributed by atoms with E-state index in [-0.39, 0.29) is 11.4 Å². The minimum absolute atomic E-state index is 0.160. The first kappa shape index (κ1) is 22.9. The van der Waals surface area contributed by atoms with E-state index in [9.17, 15) is 14.4 Å². The largest absolute Gasteiger partial charge is 0.493 e. The van der Waals surface area contributed by atoms with Gasteiger partial charge >= 0.3 is 0 Å². The first-order valence-corrected chi connectivity index (χ1v) is 12.4. The van der Waals surface area contributed by atoms with Crippen LogP contribution >= 0.6 is 0 Å². The summed E-state index contributed by atoms with van der Waals surface area (Å²) in [7, 11) is 0. The molecule has 0 radical (unpaired) electrons. The first-order chi connectivity index (χ1) is 18.1. The number of primary amides is 1. The third-order valence-electron chi connectivity index (χ3n) is 7.27. The van der Waals surface area contributed by atoms with Crippen molar-refractivity contribution >= 4 is 34.9 Å². The van der Waals surface area contributed by atoms with Gasteiger partial charge in [0.25, 0.3) is 5.91 Å². The van der Waals surface area contributed by atoms with E-state index in [1.165, 1.54) is 0 Å². The third kappa shape index (κ3) is 3.82. The monoisotopic (exact) mass is 495 g/mol. The lowest BCUT2D eigenvalue weighted by Gasteiger charge is -2.32. The highest BCUT2D eigenvalue weighted by Gasteiger charge is 2.33. The topological polar surface area (TPSA) is 111 Å². The molecule has 37 heavy (non-hydrogen) atoms. The molecule has 0 unspecified atom stereocenters. The summed E-state index contributed by atoms with van der Waals surface area (Å²) in [5.74, 6) is 4.38. The first-order valence-electron chi connectivity index (χ1n) is 12.4. The van der Waals surface area contributed by atoms with Gasteiger partial charge in [-0.15, -0.1) is 0 Å². The van der Waals surface area contributed by atoms with Crippen LogP contribution in [0.25, 0.3) is 11.4 Å². The molecule has 1 aromatic heterocycles. The Kier molecular flexibility index (Phi) is 5.64. The van der Waals surface area contributed by atoms with Crippen molar-refractivity contribution in [1.82, 2.24) is 9.78 Å². The standard InChI is InChI=1S/C28H25N5O4/c29-28(36)26-23-10-13-32(20-6-4-19(5-7-20)31-12-2-1-3-22(31)16-34)24(17-35)27(23)33(30-26)21-8-9-25-18(15-21)11-14-37-25/h4-9,15H,1-3,10-14H2,(H2,29,36). The fourth-order valence-corrected chi connectivity index (χ4v) is 5.48. The maximum absolute atomic E-state index is 12.4. The van der Waals surface area contributed by atoms with Crippen LogP contribution in [0.4, 0.5) is 11.4 Å². The zero-order valence-electron chi connectivity index (χ0n) is 20.2. The number of carbonyl (C=O) groups excluding carboxylic acids is 3. The minimum atomic E-state index is -0.636. The number of allylic oxidation sites excluding steroid dienone is 1. The van der Waals surface area contributed by atoms with Crippen molar-refractivity contribution in [3.05, 3.63) is 70.7 Å². The van der Waals surface area contributed by atoms with Crippen LogP contribution in [-0.2, 0) is 22.4 Å². The zero-order valence-corrected chi connectivity index (χ0v) is 20.2. The Morgan fingerprint density at radius 1 is 0.892 bits per heavy atom. The van der Waals surface area contributed by atoms with Crippen LogP contribution in [0.2, 0.25) is 0 Å². The Balaban J connectivity index is 1.39. The summed E-state index contributed by atoms with van der Waals surface area (Å²) < 4.78 is 7.24. The number of aromatic nitrogens is 2. The summed E-state index contributed by atoms with van der Waals surface area (Å²) >= 11 is 0. The summed E-state index contributed by atoms with van der Waals surface area (Å²) in [6, 6.07) is 13.4. The molecule has 186 valence electrons. The van der Waals surface area contributed by atoms with Crippen molar-refractivity contribution in [2.75, 3.05) is 29.5 Å². The zero-order chi connectivity index (χ0) is 25.5. The number of piperidine rings is 1. The van der Waals surface area contributed by atoms with Gasteiger partial charge in [0.2, 0.25) is 0 Å². The second-order valence-corrected chi connectivity index (χ2v) is 9.37. The second-order valence-electron chi connectivity index (χ2n) is 9.37. The molecule has 0 aliphatic carbocycles. The molecule has 0 atom stereocenters. The highest BCUT2D eigenvalue weighted by molar-refractivity contribution is 6.00. The molecule has 1 amide bonds. The van der Waals surface area contributed by atoms with Crippen LogP contribution in [-0.4, -0.2) is 47.3 Å². The van der Waals surface area contributed by atoms with Crippen LogP contribution < -0.4 is 20.3 Å². The molecule has 2 aromatic carbocycles. The number of hydrogen-bond donors (Lipinski definition) is 1. The third-order valence-corrected chi connectivity index (χ3v) is 7.27. The van der Waals surface area contributed by atoms with E-state index >= 15 is 0 Å². The number of nitrogens with two attached hydrogens (primary N) is 1. The van der Waals surface area contributed by atoms with Crippen molar-refractivity contribution in [3.8, 4) is 11.4 Å². The SMILES string of the molecule is NC(=O)c1nn(-c2ccc3c(c2)CCO3)c2c1CCN(c1ccc(N3CCCCC3=C=O)cc1)C2=C=O. The summed E-state index contributed by atoms with van der Waals surface area (Å²) in [4.78, 5) is 40.0. The van der Waals surface area contributed by atoms with Crippen LogP contribution in [0.1, 0.15) is 46.6 Å². The maximum Gasteiger partial charge on any atom is 0.269 e. The van der Waals surface area contributed by atoms with Gasteiger partial charge in [-0.1, -0.05) is 0 Å². The van der Waals surface area contributed by atoms with Gasteiger partial charge in [0.15, 0.2) is 17.3 Å². The normalized spacial score (nSPS) is 16.5. The molecule has 4 heterocycles. The smallest absolute Gasteiger partial charge is 0.269 e. The molecular weight excluding hydrogens is 470 g/mol. The van der Waals surface area contributed by atoms with E-state index in [1.807, 2.05) is 52.3 Å². The van der Waals surface area contributed by atoms with E-state index in [2.05, 4.69) is 17.0 Å². The van der Waals surface area contributed by atoms with Crippen molar-refractivity contribution < 1.29 is 19.1 Å². The average molecular weight is 496 g/mol. The predicted molar refractivity (Wildman–Crippen MR) is 138 cm³/mol. The van der Waals surface area contributed by atoms with Gasteiger partial charge in [-0.2, -0.15) is 5.10 Å². The number of hydrogen-bond acceptors (Lipinski definition) is 7. The van der Waals surface area contributed by atoms with Gasteiger partial charge in [-0.05, 0) is 73.7 Å². The van der Waals surface area contributed by atoms with Crippen LogP contribution in [0.15, 0.2) is 48.2 Å². The average Bonchev–Trinajstić information content (AvgIpc) is 3.57. The minimum Gasteiger partial charge on any atom is -0.493 e. The Hall–Kier alpha value is -4.58. The van der Waals surface area contributed by atoms with Crippen LogP contribution in [0.5, 0.6) is 5.75 Å². The number of benzene rings is 2. The van der Waals surface area contributed by atoms with Gasteiger partial charge in [0, 0.05) is 36.4 Å². The summed E-state index contributed by atoms with van der Waals surface area (Å²) in [5.41, 5.74) is 11.4. The Morgan fingerprint density at radius 2 is 1.65 bits per heavy atom. The Morgan fingerprint density at radius 3 is 2.38 bits per heavy atom. The fourth-order valence-electron chi connectivity index (χ4n) is 5.48. The number of amides is 1. The van der Waals surface area contributed by atoms with Gasteiger partial charge in [0.05, 0.1) is 12.3 Å². The van der Waals surface area contributed by atoms with E-state index in [0.29, 0.717) is 36.5 Å². The molecule has 3 aliphatic heterocycles. The van der Waals surface area contributed by atoms with Gasteiger partial charge in [-0.3, -0.25) is 4.79 Å². The van der Waals surface area contributed by atoms with Crippen molar-refractivity contribution in [2.45, 2.75) is 32.1 Å². The molecular formula is C28H25N5O4. The number of fused-ring (bicyclic) bond motifs is 2. The number of carbonyl (C=O) groups is 1. The predicted octanol–water partition coefficient (Wildman–Crippen LogP) is 2.85. The molecule has 1 saturated heterocycles. The fraction of sp³-hybridized carbons (Fsp3) is 0.286.